The second kappa shape index (κ2) is 10.4. The molecule has 0 aromatic heterocycles. The van der Waals surface area contributed by atoms with Gasteiger partial charge in [-0.3, -0.25) is 39.4 Å². The van der Waals surface area contributed by atoms with E-state index in [2.05, 4.69) is 10.6 Å². The molecule has 2 amide bonds. The van der Waals surface area contributed by atoms with Gasteiger partial charge in [0, 0.05) is 35.6 Å². The lowest BCUT2D eigenvalue weighted by atomic mass is 9.46. The molecule has 0 aliphatic heterocycles. The summed E-state index contributed by atoms with van der Waals surface area (Å²) in [5.74, 6) is -7.64. The highest BCUT2D eigenvalue weighted by atomic mass is 16.6. The second-order valence-corrected chi connectivity index (χ2v) is 8.37. The van der Waals surface area contributed by atoms with Gasteiger partial charge in [0.25, 0.3) is 11.4 Å². The summed E-state index contributed by atoms with van der Waals surface area (Å²) in [6.45, 7) is 1.30. The van der Waals surface area contributed by atoms with Crippen molar-refractivity contribution in [3.8, 4) is 0 Å². The molecule has 3 rings (SSSR count). The van der Waals surface area contributed by atoms with Crippen LogP contribution in [-0.4, -0.2) is 47.8 Å². The highest BCUT2D eigenvalue weighted by Crippen LogP contribution is 2.58. The summed E-state index contributed by atoms with van der Waals surface area (Å²) in [4.78, 5) is 72.5. The topological polar surface area (TPSA) is 197 Å². The van der Waals surface area contributed by atoms with Crippen molar-refractivity contribution in [2.45, 2.75) is 6.92 Å². The first kappa shape index (κ1) is 26.7. The van der Waals surface area contributed by atoms with Crippen LogP contribution in [0.3, 0.4) is 0 Å². The number of carbonyl (C=O) groups excluding carboxylic acids is 4. The third kappa shape index (κ3) is 4.94. The van der Waals surface area contributed by atoms with E-state index in [1.165, 1.54) is 31.2 Å². The molecular formula is C23H22N4O10. The summed E-state index contributed by atoms with van der Waals surface area (Å²) in [6, 6.07) is 9.74. The van der Waals surface area contributed by atoms with E-state index >= 15 is 0 Å². The molecule has 14 nitrogen and oxygen atoms in total. The molecule has 1 saturated carbocycles. The standard InChI is InChI=1S/C23H22N4O10/c1-23(22(31)37-3)17(19(28)24-12-4-8-14(9-5-12)26(32)33)16(21(30)36-2)18(23)20(29)25-13-6-10-15(11-7-13)27(34)35/h4-11,16-18H,1-3H3,(H,24,28)(H,25,29). The summed E-state index contributed by atoms with van der Waals surface area (Å²) < 4.78 is 9.67. The Morgan fingerprint density at radius 2 is 1.14 bits per heavy atom. The number of ether oxygens (including phenoxy) is 2. The molecule has 1 aliphatic rings. The molecule has 37 heavy (non-hydrogen) atoms. The van der Waals surface area contributed by atoms with Gasteiger partial charge in [0.15, 0.2) is 0 Å². The van der Waals surface area contributed by atoms with Crippen molar-refractivity contribution in [1.82, 2.24) is 0 Å². The molecule has 2 aromatic rings. The quantitative estimate of drug-likeness (QED) is 0.299. The number of esters is 2. The highest BCUT2D eigenvalue weighted by Gasteiger charge is 2.72. The highest BCUT2D eigenvalue weighted by molar-refractivity contribution is 6.08. The van der Waals surface area contributed by atoms with Crippen LogP contribution in [0.15, 0.2) is 48.5 Å². The minimum Gasteiger partial charge on any atom is -0.469 e. The van der Waals surface area contributed by atoms with E-state index in [9.17, 15) is 39.4 Å². The molecule has 0 spiro atoms. The number of nitrogens with one attached hydrogen (secondary N) is 2. The van der Waals surface area contributed by atoms with Crippen LogP contribution in [0.2, 0.25) is 0 Å². The van der Waals surface area contributed by atoms with Gasteiger partial charge < -0.3 is 20.1 Å². The van der Waals surface area contributed by atoms with Gasteiger partial charge in [-0.2, -0.15) is 0 Å². The third-order valence-corrected chi connectivity index (χ3v) is 6.37. The number of nitro groups is 2. The molecule has 1 fully saturated rings. The number of nitrogens with zero attached hydrogens (tertiary/aromatic N) is 2. The fraction of sp³-hybridized carbons (Fsp3) is 0.304. The number of amides is 2. The SMILES string of the molecule is COC(=O)C1C(C(=O)Nc2ccc([N+](=O)[O-])cc2)C(C)(C(=O)OC)C1C(=O)Nc1ccc([N+](=O)[O-])cc1. The normalized spacial score (nSPS) is 22.1. The molecule has 2 atom stereocenters. The first-order chi connectivity index (χ1) is 17.4. The number of methoxy groups -OCH3 is 2. The Balaban J connectivity index is 1.92. The van der Waals surface area contributed by atoms with Crippen molar-refractivity contribution in [1.29, 1.82) is 0 Å². The second-order valence-electron chi connectivity index (χ2n) is 8.37. The van der Waals surface area contributed by atoms with Crippen LogP contribution in [0, 0.1) is 43.4 Å². The van der Waals surface area contributed by atoms with Crippen LogP contribution < -0.4 is 10.6 Å². The average Bonchev–Trinajstić information content (AvgIpc) is 2.86. The Hall–Kier alpha value is -4.88. The third-order valence-electron chi connectivity index (χ3n) is 6.37. The van der Waals surface area contributed by atoms with Crippen LogP contribution in [0.4, 0.5) is 22.7 Å². The van der Waals surface area contributed by atoms with Crippen molar-refractivity contribution in [2.75, 3.05) is 24.9 Å². The zero-order chi connectivity index (χ0) is 27.5. The van der Waals surface area contributed by atoms with Gasteiger partial charge in [-0.1, -0.05) is 0 Å². The van der Waals surface area contributed by atoms with Crippen molar-refractivity contribution in [3.63, 3.8) is 0 Å². The molecular weight excluding hydrogens is 492 g/mol. The average molecular weight is 514 g/mol. The van der Waals surface area contributed by atoms with Gasteiger partial charge in [0.2, 0.25) is 11.8 Å². The van der Waals surface area contributed by atoms with E-state index < -0.39 is 56.8 Å². The summed E-state index contributed by atoms with van der Waals surface area (Å²) in [5, 5.41) is 26.7. The van der Waals surface area contributed by atoms with Crippen LogP contribution in [0.25, 0.3) is 0 Å². The first-order valence-electron chi connectivity index (χ1n) is 10.7. The lowest BCUT2D eigenvalue weighted by molar-refractivity contribution is -0.385. The Morgan fingerprint density at radius 1 is 0.757 bits per heavy atom. The molecule has 2 aromatic carbocycles. The largest absolute Gasteiger partial charge is 0.469 e. The van der Waals surface area contributed by atoms with Crippen LogP contribution >= 0.6 is 0 Å². The molecule has 0 heterocycles. The monoisotopic (exact) mass is 514 g/mol. The number of anilines is 2. The van der Waals surface area contributed by atoms with E-state index in [4.69, 9.17) is 9.47 Å². The number of carbonyl (C=O) groups is 4. The minimum absolute atomic E-state index is 0.158. The molecule has 1 aliphatic carbocycles. The molecule has 194 valence electrons. The fourth-order valence-corrected chi connectivity index (χ4v) is 4.54. The van der Waals surface area contributed by atoms with Gasteiger partial charge in [0.05, 0.1) is 47.2 Å². The van der Waals surface area contributed by atoms with E-state index in [0.717, 1.165) is 38.5 Å². The Morgan fingerprint density at radius 3 is 1.43 bits per heavy atom. The number of nitro benzene ring substituents is 2. The van der Waals surface area contributed by atoms with E-state index in [1.807, 2.05) is 0 Å². The van der Waals surface area contributed by atoms with E-state index in [0.29, 0.717) is 0 Å². The maximum absolute atomic E-state index is 13.3. The van der Waals surface area contributed by atoms with Crippen molar-refractivity contribution >= 4 is 46.5 Å². The van der Waals surface area contributed by atoms with Crippen molar-refractivity contribution < 1.29 is 38.5 Å². The van der Waals surface area contributed by atoms with Gasteiger partial charge in [-0.05, 0) is 31.2 Å². The molecule has 14 heteroatoms. The maximum atomic E-state index is 13.3. The van der Waals surface area contributed by atoms with Crippen molar-refractivity contribution in [2.24, 2.45) is 23.2 Å². The van der Waals surface area contributed by atoms with Crippen LogP contribution in [0.1, 0.15) is 6.92 Å². The summed E-state index contributed by atoms with van der Waals surface area (Å²) in [6.07, 6.45) is 0. The number of non-ortho nitro benzene ring substituents is 2. The van der Waals surface area contributed by atoms with E-state index in [-0.39, 0.29) is 22.7 Å². The van der Waals surface area contributed by atoms with Crippen molar-refractivity contribution in [3.05, 3.63) is 68.8 Å². The maximum Gasteiger partial charge on any atom is 0.313 e. The number of hydrogen-bond donors (Lipinski definition) is 2. The van der Waals surface area contributed by atoms with Gasteiger partial charge in [0.1, 0.15) is 0 Å². The lowest BCUT2D eigenvalue weighted by Crippen LogP contribution is -2.68. The van der Waals surface area contributed by atoms with E-state index in [1.54, 1.807) is 0 Å². The first-order valence-corrected chi connectivity index (χ1v) is 10.7. The Bertz CT molecular complexity index is 1180. The molecule has 2 N–H and O–H groups in total. The smallest absolute Gasteiger partial charge is 0.313 e. The molecule has 0 bridgehead atoms. The van der Waals surface area contributed by atoms with Gasteiger partial charge in [-0.25, -0.2) is 0 Å². The number of hydrogen-bond acceptors (Lipinski definition) is 10. The van der Waals surface area contributed by atoms with Gasteiger partial charge in [-0.15, -0.1) is 0 Å². The molecule has 0 radical (unpaired) electrons. The van der Waals surface area contributed by atoms with Gasteiger partial charge >= 0.3 is 11.9 Å². The summed E-state index contributed by atoms with van der Waals surface area (Å²) in [5.41, 5.74) is -1.91. The molecule has 2 unspecified atom stereocenters. The zero-order valence-corrected chi connectivity index (χ0v) is 19.8. The lowest BCUT2D eigenvalue weighted by Gasteiger charge is -2.53. The minimum atomic E-state index is -1.80. The predicted molar refractivity (Wildman–Crippen MR) is 126 cm³/mol. The zero-order valence-electron chi connectivity index (χ0n) is 19.8. The fourth-order valence-electron chi connectivity index (χ4n) is 4.54. The summed E-state index contributed by atoms with van der Waals surface area (Å²) >= 11 is 0. The molecule has 0 saturated heterocycles. The van der Waals surface area contributed by atoms with Crippen LogP contribution in [-0.2, 0) is 28.7 Å². The van der Waals surface area contributed by atoms with Crippen LogP contribution in [0.5, 0.6) is 0 Å². The Kier molecular flexibility index (Phi) is 7.51. The number of benzene rings is 2. The summed E-state index contributed by atoms with van der Waals surface area (Å²) in [7, 11) is 2.13. The number of rotatable bonds is 8. The Labute approximate surface area is 209 Å². The predicted octanol–water partition coefficient (Wildman–Crippen LogP) is 2.29.